The molecule has 0 N–H and O–H groups in total. The maximum absolute atomic E-state index is 14.2. The van der Waals surface area contributed by atoms with Gasteiger partial charge in [-0.1, -0.05) is 82.4 Å². The molecule has 2 rings (SSSR count). The summed E-state index contributed by atoms with van der Waals surface area (Å²) in [6, 6.07) is 3.69. The van der Waals surface area contributed by atoms with E-state index in [4.69, 9.17) is 16.3 Å². The summed E-state index contributed by atoms with van der Waals surface area (Å²) >= 11 is 5.78. The van der Waals surface area contributed by atoms with Gasteiger partial charge in [0.05, 0.1) is 17.2 Å². The van der Waals surface area contributed by atoms with E-state index in [9.17, 15) is 14.0 Å². The predicted octanol–water partition coefficient (Wildman–Crippen LogP) is 6.55. The average Bonchev–Trinajstić information content (AvgIpc) is 3.23. The minimum Gasteiger partial charge on any atom is -0.464 e. The van der Waals surface area contributed by atoms with E-state index in [1.807, 2.05) is 0 Å². The number of rotatable bonds is 13. The molecular weight excluding hydrogens is 405 g/mol. The van der Waals surface area contributed by atoms with Crippen molar-refractivity contribution in [1.29, 1.82) is 0 Å². The zero-order chi connectivity index (χ0) is 21.8. The molecule has 0 bridgehead atoms. The minimum absolute atomic E-state index is 0.0971. The van der Waals surface area contributed by atoms with E-state index in [0.29, 0.717) is 26.0 Å². The summed E-state index contributed by atoms with van der Waals surface area (Å²) in [5.41, 5.74) is -0.100. The first-order chi connectivity index (χ1) is 14.6. The van der Waals surface area contributed by atoms with Crippen molar-refractivity contribution in [2.45, 2.75) is 90.0 Å². The number of halogens is 2. The van der Waals surface area contributed by atoms with Crippen LogP contribution in [0, 0.1) is 5.82 Å². The number of unbranched alkanes of at least 4 members (excludes halogenated alkanes) is 9. The van der Waals surface area contributed by atoms with Gasteiger partial charge >= 0.3 is 5.97 Å². The van der Waals surface area contributed by atoms with E-state index in [-0.39, 0.29) is 16.6 Å². The molecule has 0 saturated carbocycles. The van der Waals surface area contributed by atoms with Crippen molar-refractivity contribution in [2.75, 3.05) is 13.2 Å². The Morgan fingerprint density at radius 3 is 2.37 bits per heavy atom. The molecule has 1 aromatic carbocycles. The Kier molecular flexibility index (Phi) is 11.2. The van der Waals surface area contributed by atoms with E-state index >= 15 is 0 Å². The molecule has 1 fully saturated rings. The largest absolute Gasteiger partial charge is 0.464 e. The van der Waals surface area contributed by atoms with Crippen LogP contribution in [0.2, 0.25) is 5.02 Å². The third-order valence-corrected chi connectivity index (χ3v) is 6.00. The smallest absolute Gasteiger partial charge is 0.328 e. The Hall–Kier alpha value is -1.62. The average molecular weight is 440 g/mol. The van der Waals surface area contributed by atoms with Crippen molar-refractivity contribution in [3.8, 4) is 0 Å². The molecule has 0 spiro atoms. The van der Waals surface area contributed by atoms with Crippen LogP contribution in [-0.2, 0) is 9.53 Å². The lowest BCUT2D eigenvalue weighted by molar-refractivity contribution is -0.148. The van der Waals surface area contributed by atoms with Gasteiger partial charge in [-0.2, -0.15) is 0 Å². The number of amides is 1. The number of ether oxygens (including phenoxy) is 1. The van der Waals surface area contributed by atoms with Crippen LogP contribution in [0.15, 0.2) is 18.2 Å². The number of nitrogens with zero attached hydrogens (tertiary/aromatic N) is 1. The second kappa shape index (κ2) is 13.6. The van der Waals surface area contributed by atoms with E-state index in [1.165, 1.54) is 68.0 Å². The molecule has 0 radical (unpaired) electrons. The van der Waals surface area contributed by atoms with Crippen LogP contribution >= 0.6 is 11.6 Å². The SMILES string of the molecule is CCCCCCCCCCCCOC(=O)C1CCCN1C(=O)c1cccc(Cl)c1F. The quantitative estimate of drug-likeness (QED) is 0.258. The fourth-order valence-corrected chi connectivity index (χ4v) is 4.11. The third kappa shape index (κ3) is 7.57. The lowest BCUT2D eigenvalue weighted by Crippen LogP contribution is -2.41. The number of carbonyl (C=O) groups is 2. The van der Waals surface area contributed by atoms with Crippen LogP contribution in [0.5, 0.6) is 0 Å². The van der Waals surface area contributed by atoms with Gasteiger partial charge in [0.1, 0.15) is 6.04 Å². The molecule has 1 aromatic rings. The fraction of sp³-hybridized carbons (Fsp3) is 0.667. The summed E-state index contributed by atoms with van der Waals surface area (Å²) in [4.78, 5) is 26.6. The summed E-state index contributed by atoms with van der Waals surface area (Å²) in [6.07, 6.45) is 13.4. The molecule has 1 saturated heterocycles. The van der Waals surface area contributed by atoms with Crippen molar-refractivity contribution in [3.63, 3.8) is 0 Å². The van der Waals surface area contributed by atoms with Crippen molar-refractivity contribution >= 4 is 23.5 Å². The second-order valence-electron chi connectivity index (χ2n) is 8.11. The van der Waals surface area contributed by atoms with Gasteiger partial charge in [0, 0.05) is 6.54 Å². The van der Waals surface area contributed by atoms with Crippen molar-refractivity contribution in [2.24, 2.45) is 0 Å². The topological polar surface area (TPSA) is 46.6 Å². The second-order valence-corrected chi connectivity index (χ2v) is 8.51. The zero-order valence-electron chi connectivity index (χ0n) is 18.1. The maximum Gasteiger partial charge on any atom is 0.328 e. The number of carbonyl (C=O) groups excluding carboxylic acids is 2. The number of benzene rings is 1. The first-order valence-corrected chi connectivity index (χ1v) is 11.9. The van der Waals surface area contributed by atoms with E-state index in [1.54, 1.807) is 0 Å². The minimum atomic E-state index is -0.742. The monoisotopic (exact) mass is 439 g/mol. The van der Waals surface area contributed by atoms with Gasteiger partial charge in [-0.05, 0) is 31.4 Å². The number of likely N-dealkylation sites (tertiary alicyclic amines) is 1. The highest BCUT2D eigenvalue weighted by atomic mass is 35.5. The van der Waals surface area contributed by atoms with Crippen LogP contribution < -0.4 is 0 Å². The number of hydrogen-bond donors (Lipinski definition) is 0. The molecule has 1 heterocycles. The number of hydrogen-bond acceptors (Lipinski definition) is 3. The van der Waals surface area contributed by atoms with Gasteiger partial charge in [0.25, 0.3) is 5.91 Å². The molecule has 0 aliphatic carbocycles. The predicted molar refractivity (Wildman–Crippen MR) is 118 cm³/mol. The first-order valence-electron chi connectivity index (χ1n) is 11.5. The van der Waals surface area contributed by atoms with Gasteiger partial charge in [-0.25, -0.2) is 9.18 Å². The Morgan fingerprint density at radius 1 is 1.07 bits per heavy atom. The third-order valence-electron chi connectivity index (χ3n) is 5.71. The highest BCUT2D eigenvalue weighted by Crippen LogP contribution is 2.25. The Morgan fingerprint density at radius 2 is 1.70 bits per heavy atom. The summed E-state index contributed by atoms with van der Waals surface area (Å²) in [5, 5.41) is -0.0971. The van der Waals surface area contributed by atoms with Gasteiger partial charge < -0.3 is 9.64 Å². The lowest BCUT2D eigenvalue weighted by Gasteiger charge is -2.23. The molecule has 0 aromatic heterocycles. The van der Waals surface area contributed by atoms with Crippen LogP contribution in [-0.4, -0.2) is 36.0 Å². The maximum atomic E-state index is 14.2. The van der Waals surface area contributed by atoms with Gasteiger partial charge in [-0.15, -0.1) is 0 Å². The summed E-state index contributed by atoms with van der Waals surface area (Å²) in [7, 11) is 0. The van der Waals surface area contributed by atoms with Gasteiger partial charge in [0.15, 0.2) is 5.82 Å². The van der Waals surface area contributed by atoms with E-state index < -0.39 is 17.8 Å². The van der Waals surface area contributed by atoms with E-state index in [2.05, 4.69) is 6.92 Å². The highest BCUT2D eigenvalue weighted by molar-refractivity contribution is 6.31. The van der Waals surface area contributed by atoms with Crippen molar-refractivity contribution in [1.82, 2.24) is 4.90 Å². The van der Waals surface area contributed by atoms with Crippen LogP contribution in [0.1, 0.15) is 94.3 Å². The van der Waals surface area contributed by atoms with Crippen molar-refractivity contribution < 1.29 is 18.7 Å². The molecule has 6 heteroatoms. The molecule has 1 amide bonds. The van der Waals surface area contributed by atoms with Crippen LogP contribution in [0.25, 0.3) is 0 Å². The normalized spacial score (nSPS) is 16.1. The Labute approximate surface area is 185 Å². The Bertz CT molecular complexity index is 682. The van der Waals surface area contributed by atoms with Gasteiger partial charge in [-0.3, -0.25) is 4.79 Å². The summed E-state index contributed by atoms with van der Waals surface area (Å²) in [6.45, 7) is 3.02. The zero-order valence-corrected chi connectivity index (χ0v) is 18.9. The molecule has 30 heavy (non-hydrogen) atoms. The lowest BCUT2D eigenvalue weighted by atomic mass is 10.1. The first kappa shape index (κ1) is 24.6. The summed E-state index contributed by atoms with van der Waals surface area (Å²) < 4.78 is 19.6. The Balaban J connectivity index is 1.66. The van der Waals surface area contributed by atoms with Crippen LogP contribution in [0.4, 0.5) is 4.39 Å². The molecule has 1 aliphatic heterocycles. The molecule has 1 atom stereocenters. The molecule has 168 valence electrons. The van der Waals surface area contributed by atoms with Gasteiger partial charge in [0.2, 0.25) is 0 Å². The summed E-state index contributed by atoms with van der Waals surface area (Å²) in [5.74, 6) is -1.64. The van der Waals surface area contributed by atoms with Crippen molar-refractivity contribution in [3.05, 3.63) is 34.6 Å². The van der Waals surface area contributed by atoms with Crippen LogP contribution in [0.3, 0.4) is 0 Å². The molecule has 4 nitrogen and oxygen atoms in total. The number of esters is 1. The van der Waals surface area contributed by atoms with E-state index in [0.717, 1.165) is 19.3 Å². The fourth-order valence-electron chi connectivity index (χ4n) is 3.94. The highest BCUT2D eigenvalue weighted by Gasteiger charge is 2.36. The molecule has 1 aliphatic rings. The molecule has 1 unspecified atom stereocenters. The standard InChI is InChI=1S/C24H35ClFNO3/c1-2-3-4-5-6-7-8-9-10-11-18-30-24(29)21-16-13-17-27(21)23(28)19-14-12-15-20(25)22(19)26/h12,14-15,21H,2-11,13,16-18H2,1H3. The molecular formula is C24H35ClFNO3.